The maximum atomic E-state index is 6.13. The minimum atomic E-state index is -0.168. The van der Waals surface area contributed by atoms with E-state index in [0.29, 0.717) is 6.42 Å². The summed E-state index contributed by atoms with van der Waals surface area (Å²) in [5.74, 6) is 0. The van der Waals surface area contributed by atoms with Gasteiger partial charge in [-0.25, -0.2) is 0 Å². The zero-order chi connectivity index (χ0) is 12.3. The second-order valence-corrected chi connectivity index (χ2v) is 5.47. The molecule has 0 bridgehead atoms. The highest BCUT2D eigenvalue weighted by Gasteiger charge is 2.29. The molecule has 1 fully saturated rings. The van der Waals surface area contributed by atoms with Crippen LogP contribution in [0.4, 0.5) is 0 Å². The molecule has 0 aliphatic carbocycles. The highest BCUT2D eigenvalue weighted by atomic mass is 16.7. The van der Waals surface area contributed by atoms with Gasteiger partial charge in [0.1, 0.15) is 0 Å². The molecule has 94 valence electrons. The molecule has 3 heteroatoms. The third kappa shape index (κ3) is 3.53. The van der Waals surface area contributed by atoms with Crippen molar-refractivity contribution in [1.82, 2.24) is 0 Å². The van der Waals surface area contributed by atoms with Gasteiger partial charge in [0.25, 0.3) is 0 Å². The predicted octanol–water partition coefficient (Wildman–Crippen LogP) is 2.48. The van der Waals surface area contributed by atoms with Gasteiger partial charge in [-0.15, -0.1) is 0 Å². The second kappa shape index (κ2) is 5.17. The Bertz CT molecular complexity index is 340. The molecule has 1 aliphatic rings. The Hall–Kier alpha value is -0.900. The normalized spacial score (nSPS) is 22.3. The molecule has 1 atom stereocenters. The maximum Gasteiger partial charge on any atom is 0.159 e. The summed E-state index contributed by atoms with van der Waals surface area (Å²) in [6, 6.07) is 10.0. The van der Waals surface area contributed by atoms with Gasteiger partial charge in [0.05, 0.1) is 13.2 Å². The third-order valence-electron chi connectivity index (χ3n) is 2.99. The van der Waals surface area contributed by atoms with Crippen molar-refractivity contribution in [2.75, 3.05) is 13.2 Å². The van der Waals surface area contributed by atoms with E-state index in [1.54, 1.807) is 0 Å². The fourth-order valence-electron chi connectivity index (χ4n) is 1.91. The first-order chi connectivity index (χ1) is 8.07. The zero-order valence-corrected chi connectivity index (χ0v) is 10.6. The van der Waals surface area contributed by atoms with E-state index in [9.17, 15) is 0 Å². The van der Waals surface area contributed by atoms with Crippen LogP contribution in [-0.4, -0.2) is 19.5 Å². The Kier molecular flexibility index (Phi) is 3.82. The van der Waals surface area contributed by atoms with Gasteiger partial charge in [0.2, 0.25) is 0 Å². The smallest absolute Gasteiger partial charge is 0.159 e. The number of rotatable bonds is 3. The molecule has 0 unspecified atom stereocenters. The van der Waals surface area contributed by atoms with Gasteiger partial charge in [0, 0.05) is 17.9 Å². The summed E-state index contributed by atoms with van der Waals surface area (Å²) in [6.07, 6.45) is 0.540. The standard InChI is InChI=1S/C14H21NO2/c1-14(2)9-16-13(17-10-14)8-12(15)11-6-4-3-5-7-11/h3-7,12-13H,8-10,15H2,1-2H3/t12-/m1/s1. The Balaban J connectivity index is 1.86. The van der Waals surface area contributed by atoms with Crippen molar-refractivity contribution in [2.45, 2.75) is 32.6 Å². The lowest BCUT2D eigenvalue weighted by atomic mass is 9.95. The lowest BCUT2D eigenvalue weighted by Gasteiger charge is -2.35. The van der Waals surface area contributed by atoms with Crippen LogP contribution >= 0.6 is 0 Å². The van der Waals surface area contributed by atoms with Gasteiger partial charge in [-0.05, 0) is 5.56 Å². The Labute approximate surface area is 103 Å². The molecule has 1 aromatic carbocycles. The van der Waals surface area contributed by atoms with Gasteiger partial charge < -0.3 is 15.2 Å². The van der Waals surface area contributed by atoms with Crippen molar-refractivity contribution in [2.24, 2.45) is 11.1 Å². The summed E-state index contributed by atoms with van der Waals surface area (Å²) < 4.78 is 11.4. The van der Waals surface area contributed by atoms with Crippen LogP contribution in [0.15, 0.2) is 30.3 Å². The Morgan fingerprint density at radius 2 is 1.82 bits per heavy atom. The average Bonchev–Trinajstić information content (AvgIpc) is 2.33. The quantitative estimate of drug-likeness (QED) is 0.875. The monoisotopic (exact) mass is 235 g/mol. The number of nitrogens with two attached hydrogens (primary N) is 1. The van der Waals surface area contributed by atoms with Crippen molar-refractivity contribution in [3.8, 4) is 0 Å². The fourth-order valence-corrected chi connectivity index (χ4v) is 1.91. The van der Waals surface area contributed by atoms with Gasteiger partial charge >= 0.3 is 0 Å². The van der Waals surface area contributed by atoms with Crippen molar-refractivity contribution in [3.63, 3.8) is 0 Å². The highest BCUT2D eigenvalue weighted by Crippen LogP contribution is 2.26. The zero-order valence-electron chi connectivity index (χ0n) is 10.6. The molecule has 17 heavy (non-hydrogen) atoms. The van der Waals surface area contributed by atoms with Gasteiger partial charge in [-0.2, -0.15) is 0 Å². The largest absolute Gasteiger partial charge is 0.352 e. The van der Waals surface area contributed by atoms with E-state index in [-0.39, 0.29) is 17.7 Å². The molecule has 0 spiro atoms. The van der Waals surface area contributed by atoms with Gasteiger partial charge in [0.15, 0.2) is 6.29 Å². The van der Waals surface area contributed by atoms with Crippen LogP contribution < -0.4 is 5.73 Å². The van der Waals surface area contributed by atoms with Gasteiger partial charge in [-0.1, -0.05) is 44.2 Å². The summed E-state index contributed by atoms with van der Waals surface area (Å²) in [5, 5.41) is 0. The molecule has 0 saturated carbocycles. The first kappa shape index (κ1) is 12.6. The topological polar surface area (TPSA) is 44.5 Å². The van der Waals surface area contributed by atoms with Gasteiger partial charge in [-0.3, -0.25) is 0 Å². The summed E-state index contributed by atoms with van der Waals surface area (Å²) in [4.78, 5) is 0. The summed E-state index contributed by atoms with van der Waals surface area (Å²) in [6.45, 7) is 5.75. The fraction of sp³-hybridized carbons (Fsp3) is 0.571. The van der Waals surface area contributed by atoms with E-state index in [2.05, 4.69) is 13.8 Å². The van der Waals surface area contributed by atoms with Crippen molar-refractivity contribution in [1.29, 1.82) is 0 Å². The number of hydrogen-bond donors (Lipinski definition) is 1. The maximum absolute atomic E-state index is 6.13. The van der Waals surface area contributed by atoms with Crippen molar-refractivity contribution < 1.29 is 9.47 Å². The van der Waals surface area contributed by atoms with Crippen molar-refractivity contribution in [3.05, 3.63) is 35.9 Å². The molecule has 1 aromatic rings. The van der Waals surface area contributed by atoms with Crippen LogP contribution in [0.25, 0.3) is 0 Å². The molecule has 1 saturated heterocycles. The van der Waals surface area contributed by atoms with Crippen molar-refractivity contribution >= 4 is 0 Å². The van der Waals surface area contributed by atoms with E-state index >= 15 is 0 Å². The molecule has 1 heterocycles. The molecule has 2 N–H and O–H groups in total. The third-order valence-corrected chi connectivity index (χ3v) is 2.99. The molecular weight excluding hydrogens is 214 g/mol. The number of benzene rings is 1. The predicted molar refractivity (Wildman–Crippen MR) is 67.5 cm³/mol. The van der Waals surface area contributed by atoms with Crippen LogP contribution in [0.3, 0.4) is 0 Å². The molecular formula is C14H21NO2. The van der Waals surface area contributed by atoms with Crippen LogP contribution in [0.5, 0.6) is 0 Å². The summed E-state index contributed by atoms with van der Waals surface area (Å²) in [5.41, 5.74) is 7.38. The van der Waals surface area contributed by atoms with E-state index in [4.69, 9.17) is 15.2 Å². The van der Waals surface area contributed by atoms with E-state index < -0.39 is 0 Å². The molecule has 0 amide bonds. The molecule has 1 aliphatic heterocycles. The average molecular weight is 235 g/mol. The Morgan fingerprint density at radius 1 is 1.24 bits per heavy atom. The lowest BCUT2D eigenvalue weighted by molar-refractivity contribution is -0.225. The Morgan fingerprint density at radius 3 is 2.41 bits per heavy atom. The van der Waals surface area contributed by atoms with Crippen LogP contribution in [0.1, 0.15) is 31.9 Å². The van der Waals surface area contributed by atoms with Crippen LogP contribution in [0, 0.1) is 5.41 Å². The first-order valence-corrected chi connectivity index (χ1v) is 6.11. The summed E-state index contributed by atoms with van der Waals surface area (Å²) >= 11 is 0. The molecule has 3 nitrogen and oxygen atoms in total. The first-order valence-electron chi connectivity index (χ1n) is 6.11. The van der Waals surface area contributed by atoms with E-state index in [1.165, 1.54) is 0 Å². The van der Waals surface area contributed by atoms with Crippen LogP contribution in [-0.2, 0) is 9.47 Å². The van der Waals surface area contributed by atoms with E-state index in [1.807, 2.05) is 30.3 Å². The summed E-state index contributed by atoms with van der Waals surface area (Å²) in [7, 11) is 0. The number of hydrogen-bond acceptors (Lipinski definition) is 3. The molecule has 2 rings (SSSR count). The number of ether oxygens (including phenoxy) is 2. The minimum absolute atomic E-state index is 0.0255. The molecule has 0 radical (unpaired) electrons. The SMILES string of the molecule is CC1(C)COC(C[C@@H](N)c2ccccc2)OC1. The minimum Gasteiger partial charge on any atom is -0.352 e. The molecule has 0 aromatic heterocycles. The van der Waals surface area contributed by atoms with Crippen LogP contribution in [0.2, 0.25) is 0 Å². The highest BCUT2D eigenvalue weighted by molar-refractivity contribution is 5.18. The van der Waals surface area contributed by atoms with E-state index in [0.717, 1.165) is 18.8 Å². The second-order valence-electron chi connectivity index (χ2n) is 5.47. The lowest BCUT2D eigenvalue weighted by Crippen LogP contribution is -2.39.